The summed E-state index contributed by atoms with van der Waals surface area (Å²) in [5.41, 5.74) is -0.159. The number of hydrogen-bond acceptors (Lipinski definition) is 10. The number of hydrogen-bond donors (Lipinski definition) is 1. The highest BCUT2D eigenvalue weighted by Crippen LogP contribution is 2.42. The van der Waals surface area contributed by atoms with E-state index in [2.05, 4.69) is 29.0 Å². The van der Waals surface area contributed by atoms with Crippen molar-refractivity contribution in [3.05, 3.63) is 0 Å². The lowest BCUT2D eigenvalue weighted by Gasteiger charge is -2.38. The van der Waals surface area contributed by atoms with Crippen LogP contribution in [-0.4, -0.2) is 173 Å². The molecular formula is C42H79N7O7. The number of piperazine rings is 3. The fourth-order valence-electron chi connectivity index (χ4n) is 6.89. The Labute approximate surface area is 339 Å². The van der Waals surface area contributed by atoms with E-state index in [1.165, 1.54) is 58.0 Å². The van der Waals surface area contributed by atoms with Crippen LogP contribution in [0.25, 0.3) is 0 Å². The van der Waals surface area contributed by atoms with Gasteiger partial charge in [0.15, 0.2) is 0 Å². The Hall–Kier alpha value is -2.84. The number of amides is 4. The van der Waals surface area contributed by atoms with Crippen molar-refractivity contribution in [3.63, 3.8) is 0 Å². The van der Waals surface area contributed by atoms with Gasteiger partial charge in [-0.1, -0.05) is 6.42 Å². The molecule has 6 fully saturated rings. The highest BCUT2D eigenvalue weighted by atomic mass is 16.6. The number of nitrogens with one attached hydrogen (secondary N) is 1. The van der Waals surface area contributed by atoms with Gasteiger partial charge in [-0.25, -0.2) is 14.4 Å². The van der Waals surface area contributed by atoms with Crippen molar-refractivity contribution < 1.29 is 33.4 Å². The van der Waals surface area contributed by atoms with Crippen LogP contribution in [0.2, 0.25) is 0 Å². The van der Waals surface area contributed by atoms with Crippen molar-refractivity contribution in [1.29, 1.82) is 0 Å². The van der Waals surface area contributed by atoms with Crippen LogP contribution in [0.3, 0.4) is 0 Å². The van der Waals surface area contributed by atoms with Gasteiger partial charge in [-0.15, -0.1) is 0 Å². The monoisotopic (exact) mass is 794 g/mol. The van der Waals surface area contributed by atoms with E-state index in [0.29, 0.717) is 37.3 Å². The predicted octanol–water partition coefficient (Wildman–Crippen LogP) is 6.03. The van der Waals surface area contributed by atoms with E-state index < -0.39 is 11.2 Å². The van der Waals surface area contributed by atoms with Crippen LogP contribution in [0.15, 0.2) is 0 Å². The van der Waals surface area contributed by atoms with Gasteiger partial charge in [0.2, 0.25) is 5.91 Å². The van der Waals surface area contributed by atoms with E-state index in [4.69, 9.17) is 14.2 Å². The van der Waals surface area contributed by atoms with Crippen LogP contribution < -0.4 is 5.32 Å². The summed E-state index contributed by atoms with van der Waals surface area (Å²) in [7, 11) is 0. The lowest BCUT2D eigenvalue weighted by atomic mass is 10.1. The Morgan fingerprint density at radius 3 is 1.07 bits per heavy atom. The summed E-state index contributed by atoms with van der Waals surface area (Å²) in [6, 6.07) is 0. The largest absolute Gasteiger partial charge is 0.444 e. The molecule has 0 aromatic heterocycles. The highest BCUT2D eigenvalue weighted by Gasteiger charge is 2.45. The Morgan fingerprint density at radius 2 is 0.750 bits per heavy atom. The molecule has 2 aliphatic carbocycles. The number of carbonyl (C=O) groups excluding carboxylic acids is 4. The van der Waals surface area contributed by atoms with Crippen molar-refractivity contribution in [2.24, 2.45) is 0 Å². The molecule has 4 heterocycles. The van der Waals surface area contributed by atoms with E-state index in [9.17, 15) is 19.2 Å². The molecule has 0 atom stereocenters. The average molecular weight is 794 g/mol. The third kappa shape index (κ3) is 17.3. The minimum Gasteiger partial charge on any atom is -0.444 e. The lowest BCUT2D eigenvalue weighted by molar-refractivity contribution is -0.130. The predicted molar refractivity (Wildman–Crippen MR) is 221 cm³/mol. The summed E-state index contributed by atoms with van der Waals surface area (Å²) in [6.45, 7) is 35.0. The van der Waals surface area contributed by atoms with Crippen molar-refractivity contribution in [1.82, 2.24) is 34.7 Å². The number of likely N-dealkylation sites (tertiary alicyclic amines) is 1. The summed E-state index contributed by atoms with van der Waals surface area (Å²) in [5.74, 6) is 0.0591. The summed E-state index contributed by atoms with van der Waals surface area (Å²) in [6.07, 6.45) is 9.19. The number of piperidine rings is 1. The fourth-order valence-corrected chi connectivity index (χ4v) is 6.89. The quantitative estimate of drug-likeness (QED) is 0.332. The molecule has 6 aliphatic rings. The maximum atomic E-state index is 11.9. The molecular weight excluding hydrogens is 715 g/mol. The highest BCUT2D eigenvalue weighted by molar-refractivity contribution is 5.74. The smallest absolute Gasteiger partial charge is 0.410 e. The van der Waals surface area contributed by atoms with E-state index in [1.54, 1.807) is 21.6 Å². The van der Waals surface area contributed by atoms with E-state index in [-0.39, 0.29) is 29.8 Å². The fraction of sp³-hybridized carbons (Fsp3) is 0.905. The molecule has 0 radical (unpaired) electrons. The van der Waals surface area contributed by atoms with Crippen LogP contribution in [0.4, 0.5) is 14.4 Å². The van der Waals surface area contributed by atoms with Gasteiger partial charge in [-0.3, -0.25) is 14.6 Å². The van der Waals surface area contributed by atoms with Gasteiger partial charge in [0, 0.05) is 96.5 Å². The molecule has 4 amide bonds. The first-order valence-electron chi connectivity index (χ1n) is 21.3. The second-order valence-corrected chi connectivity index (χ2v) is 19.7. The normalized spacial score (nSPS) is 22.4. The zero-order chi connectivity index (χ0) is 42.0. The zero-order valence-corrected chi connectivity index (χ0v) is 37.4. The van der Waals surface area contributed by atoms with E-state index in [1.807, 2.05) is 67.2 Å². The van der Waals surface area contributed by atoms with Crippen molar-refractivity contribution in [3.8, 4) is 0 Å². The van der Waals surface area contributed by atoms with Crippen LogP contribution >= 0.6 is 0 Å². The molecule has 0 unspecified atom stereocenters. The molecule has 2 saturated carbocycles. The molecule has 4 saturated heterocycles. The van der Waals surface area contributed by atoms with Gasteiger partial charge >= 0.3 is 18.3 Å². The number of ether oxygens (including phenoxy) is 3. The molecule has 324 valence electrons. The summed E-state index contributed by atoms with van der Waals surface area (Å²) >= 11 is 0. The maximum absolute atomic E-state index is 11.9. The minimum atomic E-state index is -0.463. The average Bonchev–Trinajstić information content (AvgIpc) is 4.06. The van der Waals surface area contributed by atoms with E-state index >= 15 is 0 Å². The molecule has 4 aliphatic heterocycles. The Morgan fingerprint density at radius 1 is 0.446 bits per heavy atom. The first-order valence-corrected chi connectivity index (χ1v) is 21.3. The summed E-state index contributed by atoms with van der Waals surface area (Å²) in [4.78, 5) is 58.3. The molecule has 0 aromatic carbocycles. The molecule has 1 N–H and O–H groups in total. The SMILES string of the molecule is CC(=O)N1CCN(C(=O)OC(C)(C)C)CC1.CC(C)(C)OC(=O)N1CCN(C2(C)CC2)CC1.CC(C)(C)OC(=O)N1CCNCC1.CC1(N2CCCCC2)CC1. The lowest BCUT2D eigenvalue weighted by Crippen LogP contribution is -2.53. The topological polar surface area (TPSA) is 127 Å². The Kier molecular flexibility index (Phi) is 17.2. The third-order valence-electron chi connectivity index (χ3n) is 10.9. The Balaban J connectivity index is 0.000000203. The molecule has 56 heavy (non-hydrogen) atoms. The van der Waals surface area contributed by atoms with Crippen molar-refractivity contribution in [2.45, 2.75) is 156 Å². The molecule has 14 heteroatoms. The Bertz CT molecular complexity index is 1260. The summed E-state index contributed by atoms with van der Waals surface area (Å²) in [5, 5.41) is 3.18. The van der Waals surface area contributed by atoms with E-state index in [0.717, 1.165) is 52.4 Å². The van der Waals surface area contributed by atoms with Gasteiger partial charge in [0.25, 0.3) is 0 Å². The van der Waals surface area contributed by atoms with Crippen LogP contribution in [0.1, 0.15) is 128 Å². The van der Waals surface area contributed by atoms with Crippen molar-refractivity contribution in [2.75, 3.05) is 91.6 Å². The zero-order valence-electron chi connectivity index (χ0n) is 37.4. The number of rotatable bonds is 2. The molecule has 0 aromatic rings. The van der Waals surface area contributed by atoms with Crippen LogP contribution in [0, 0.1) is 0 Å². The standard InChI is InChI=1S/C13H24N2O2.C11H20N2O3.C9H18N2O2.C9H17N/c1-12(2,3)17-11(16)14-7-9-15(10-8-14)13(4)5-6-13;1-9(14)12-5-7-13(8-6-12)10(15)16-11(2,3)4;1-9(2,3)13-8(12)11-6-4-10-5-7-11;1-9(5-6-9)10-7-3-2-4-8-10/h5-10H2,1-4H3;5-8H2,1-4H3;10H,4-7H2,1-3H3;2-8H2,1H3. The third-order valence-corrected chi connectivity index (χ3v) is 10.9. The maximum Gasteiger partial charge on any atom is 0.410 e. The first kappa shape index (κ1) is 47.5. The number of carbonyl (C=O) groups is 4. The van der Waals surface area contributed by atoms with Crippen LogP contribution in [-0.2, 0) is 19.0 Å². The molecule has 0 bridgehead atoms. The molecule has 14 nitrogen and oxygen atoms in total. The molecule has 6 rings (SSSR count). The van der Waals surface area contributed by atoms with Gasteiger partial charge in [-0.2, -0.15) is 0 Å². The van der Waals surface area contributed by atoms with Crippen LogP contribution in [0.5, 0.6) is 0 Å². The minimum absolute atomic E-state index is 0.0591. The summed E-state index contributed by atoms with van der Waals surface area (Å²) < 4.78 is 15.9. The van der Waals surface area contributed by atoms with Crippen molar-refractivity contribution >= 4 is 24.2 Å². The second kappa shape index (κ2) is 20.2. The second-order valence-electron chi connectivity index (χ2n) is 19.7. The van der Waals surface area contributed by atoms with Gasteiger partial charge in [0.1, 0.15) is 16.8 Å². The van der Waals surface area contributed by atoms with Gasteiger partial charge < -0.3 is 39.1 Å². The first-order chi connectivity index (χ1) is 25.9. The van der Waals surface area contributed by atoms with Gasteiger partial charge in [-0.05, 0) is 128 Å². The van der Waals surface area contributed by atoms with Gasteiger partial charge in [0.05, 0.1) is 0 Å². The number of nitrogens with zero attached hydrogens (tertiary/aromatic N) is 6. The molecule has 0 spiro atoms.